The third kappa shape index (κ3) is 7.98. The minimum Gasteiger partial charge on any atom is -0.496 e. The fourth-order valence-electron chi connectivity index (χ4n) is 4.23. The predicted molar refractivity (Wildman–Crippen MR) is 168 cm³/mol. The molecule has 4 aromatic carbocycles. The molecule has 0 radical (unpaired) electrons. The molecule has 0 atom stereocenters. The van der Waals surface area contributed by atoms with Crippen LogP contribution in [0.5, 0.6) is 17.2 Å². The van der Waals surface area contributed by atoms with Gasteiger partial charge in [0.15, 0.2) is 17.3 Å². The maximum atomic E-state index is 13.3. The van der Waals surface area contributed by atoms with Gasteiger partial charge in [0.2, 0.25) is 0 Å². The topological polar surface area (TPSA) is 103 Å². The Morgan fingerprint density at radius 2 is 1.37 bits per heavy atom. The number of methoxy groups -OCH3 is 3. The number of anilines is 1. The van der Waals surface area contributed by atoms with Gasteiger partial charge < -0.3 is 24.8 Å². The number of ether oxygens (including phenoxy) is 3. The zero-order chi connectivity index (χ0) is 30.8. The van der Waals surface area contributed by atoms with Crippen LogP contribution in [0, 0.1) is 6.92 Å². The lowest BCUT2D eigenvalue weighted by Crippen LogP contribution is -2.30. The van der Waals surface area contributed by atoms with E-state index in [1.165, 1.54) is 27.4 Å². The summed E-state index contributed by atoms with van der Waals surface area (Å²) in [6.45, 7) is 1.95. The Labute approximate surface area is 250 Å². The van der Waals surface area contributed by atoms with E-state index in [1.807, 2.05) is 37.3 Å². The molecule has 0 spiro atoms. The normalized spacial score (nSPS) is 11.1. The van der Waals surface area contributed by atoms with E-state index in [-0.39, 0.29) is 11.5 Å². The highest BCUT2D eigenvalue weighted by molar-refractivity contribution is 6.11. The van der Waals surface area contributed by atoms with Crippen molar-refractivity contribution in [2.24, 2.45) is 0 Å². The monoisotopic (exact) mass is 576 g/mol. The average molecular weight is 577 g/mol. The summed E-state index contributed by atoms with van der Waals surface area (Å²) in [4.78, 5) is 39.1. The molecule has 0 aliphatic carbocycles. The molecule has 0 fully saturated rings. The SMILES string of the molecule is COc1cc(OC)c(OC)cc1/C=C/C(=O)c1ccc(NC(=O)/C(=C/c2cccc(C)c2)NC(=O)c2ccccc2)cc1. The van der Waals surface area contributed by atoms with Gasteiger partial charge in [-0.1, -0.05) is 48.0 Å². The summed E-state index contributed by atoms with van der Waals surface area (Å²) in [6, 6.07) is 26.1. The molecule has 218 valence electrons. The molecule has 0 aliphatic heterocycles. The summed E-state index contributed by atoms with van der Waals surface area (Å²) in [7, 11) is 4.59. The number of carbonyl (C=O) groups excluding carboxylic acids is 3. The number of allylic oxidation sites excluding steroid dienone is 1. The number of amides is 2. The summed E-state index contributed by atoms with van der Waals surface area (Å²) >= 11 is 0. The molecular weight excluding hydrogens is 544 g/mol. The Hall–Kier alpha value is -5.63. The summed E-state index contributed by atoms with van der Waals surface area (Å²) in [5.74, 6) is 0.376. The van der Waals surface area contributed by atoms with E-state index in [0.29, 0.717) is 39.6 Å². The van der Waals surface area contributed by atoms with Crippen molar-refractivity contribution in [2.45, 2.75) is 6.92 Å². The van der Waals surface area contributed by atoms with E-state index in [4.69, 9.17) is 14.2 Å². The first-order valence-corrected chi connectivity index (χ1v) is 13.4. The highest BCUT2D eigenvalue weighted by Gasteiger charge is 2.16. The van der Waals surface area contributed by atoms with Crippen molar-refractivity contribution >= 4 is 35.4 Å². The summed E-state index contributed by atoms with van der Waals surface area (Å²) < 4.78 is 16.1. The van der Waals surface area contributed by atoms with Crippen LogP contribution in [-0.2, 0) is 4.79 Å². The fourth-order valence-corrected chi connectivity index (χ4v) is 4.23. The van der Waals surface area contributed by atoms with Crippen molar-refractivity contribution in [1.29, 1.82) is 0 Å². The minimum absolute atomic E-state index is 0.0754. The number of hydrogen-bond donors (Lipinski definition) is 2. The van der Waals surface area contributed by atoms with Gasteiger partial charge in [0.1, 0.15) is 11.4 Å². The predicted octanol–water partition coefficient (Wildman–Crippen LogP) is 6.33. The van der Waals surface area contributed by atoms with Gasteiger partial charge in [-0.05, 0) is 73.2 Å². The standard InChI is InChI=1S/C35H32N2O6/c1-23-9-8-10-24(19-23)20-29(37-34(39)26-11-6-5-7-12-26)35(40)36-28-16-13-25(14-17-28)30(38)18-15-27-21-32(42-3)33(43-4)22-31(27)41-2/h5-22H,1-4H3,(H,36,40)(H,37,39)/b18-15+,29-20-. The molecule has 8 nitrogen and oxygen atoms in total. The number of carbonyl (C=O) groups is 3. The Morgan fingerprint density at radius 3 is 2.02 bits per heavy atom. The third-order valence-electron chi connectivity index (χ3n) is 6.46. The van der Waals surface area contributed by atoms with Crippen molar-refractivity contribution in [3.63, 3.8) is 0 Å². The van der Waals surface area contributed by atoms with Crippen LogP contribution in [0.1, 0.15) is 37.4 Å². The number of benzene rings is 4. The van der Waals surface area contributed by atoms with Gasteiger partial charge in [-0.3, -0.25) is 14.4 Å². The maximum Gasteiger partial charge on any atom is 0.272 e. The molecule has 2 amide bonds. The Kier molecular flexibility index (Phi) is 10.1. The summed E-state index contributed by atoms with van der Waals surface area (Å²) in [6.07, 6.45) is 4.68. The van der Waals surface area contributed by atoms with Crippen LogP contribution in [0.25, 0.3) is 12.2 Å². The molecule has 0 saturated carbocycles. The molecule has 43 heavy (non-hydrogen) atoms. The highest BCUT2D eigenvalue weighted by Crippen LogP contribution is 2.35. The zero-order valence-electron chi connectivity index (χ0n) is 24.3. The van der Waals surface area contributed by atoms with Crippen molar-refractivity contribution in [1.82, 2.24) is 5.32 Å². The minimum atomic E-state index is -0.509. The van der Waals surface area contributed by atoms with Crippen LogP contribution < -0.4 is 24.8 Å². The maximum absolute atomic E-state index is 13.3. The highest BCUT2D eigenvalue weighted by atomic mass is 16.5. The van der Waals surface area contributed by atoms with Crippen molar-refractivity contribution in [3.05, 3.63) is 131 Å². The third-order valence-corrected chi connectivity index (χ3v) is 6.46. The number of rotatable bonds is 11. The zero-order valence-corrected chi connectivity index (χ0v) is 24.3. The molecule has 0 unspecified atom stereocenters. The lowest BCUT2D eigenvalue weighted by Gasteiger charge is -2.12. The van der Waals surface area contributed by atoms with Gasteiger partial charge in [-0.2, -0.15) is 0 Å². The quantitative estimate of drug-likeness (QED) is 0.160. The van der Waals surface area contributed by atoms with E-state index >= 15 is 0 Å². The molecule has 0 aromatic heterocycles. The largest absolute Gasteiger partial charge is 0.496 e. The van der Waals surface area contributed by atoms with Crippen LogP contribution in [0.2, 0.25) is 0 Å². The molecule has 4 aromatic rings. The van der Waals surface area contributed by atoms with Gasteiger partial charge in [-0.25, -0.2) is 0 Å². The lowest BCUT2D eigenvalue weighted by atomic mass is 10.1. The van der Waals surface area contributed by atoms with E-state index in [0.717, 1.165) is 11.1 Å². The van der Waals surface area contributed by atoms with E-state index in [9.17, 15) is 14.4 Å². The van der Waals surface area contributed by atoms with E-state index < -0.39 is 11.8 Å². The molecule has 4 rings (SSSR count). The first-order valence-electron chi connectivity index (χ1n) is 13.4. The van der Waals surface area contributed by atoms with E-state index in [2.05, 4.69) is 10.6 Å². The number of ketones is 1. The Bertz CT molecular complexity index is 1670. The Morgan fingerprint density at radius 1 is 0.698 bits per heavy atom. The molecule has 0 bridgehead atoms. The van der Waals surface area contributed by atoms with Crippen LogP contribution in [0.15, 0.2) is 103 Å². The lowest BCUT2D eigenvalue weighted by molar-refractivity contribution is -0.113. The van der Waals surface area contributed by atoms with Gasteiger partial charge >= 0.3 is 0 Å². The second-order valence-corrected chi connectivity index (χ2v) is 9.47. The molecule has 0 aliphatic rings. The van der Waals surface area contributed by atoms with Crippen molar-refractivity contribution in [3.8, 4) is 17.2 Å². The first-order chi connectivity index (χ1) is 20.8. The van der Waals surface area contributed by atoms with Crippen LogP contribution >= 0.6 is 0 Å². The van der Waals surface area contributed by atoms with Crippen LogP contribution in [0.4, 0.5) is 5.69 Å². The van der Waals surface area contributed by atoms with Gasteiger partial charge in [0.25, 0.3) is 11.8 Å². The second kappa shape index (κ2) is 14.3. The molecule has 0 heterocycles. The number of aryl methyl sites for hydroxylation is 1. The van der Waals surface area contributed by atoms with Gasteiger partial charge in [0.05, 0.1) is 21.3 Å². The molecule has 0 saturated heterocycles. The summed E-state index contributed by atoms with van der Waals surface area (Å²) in [5.41, 5.74) is 3.79. The van der Waals surface area contributed by atoms with Crippen LogP contribution in [-0.4, -0.2) is 38.9 Å². The number of hydrogen-bond acceptors (Lipinski definition) is 6. The second-order valence-electron chi connectivity index (χ2n) is 9.47. The van der Waals surface area contributed by atoms with Crippen LogP contribution in [0.3, 0.4) is 0 Å². The smallest absolute Gasteiger partial charge is 0.272 e. The van der Waals surface area contributed by atoms with Gasteiger partial charge in [0, 0.05) is 28.4 Å². The van der Waals surface area contributed by atoms with Gasteiger partial charge in [-0.15, -0.1) is 0 Å². The molecular formula is C35H32N2O6. The molecule has 8 heteroatoms. The van der Waals surface area contributed by atoms with E-state index in [1.54, 1.807) is 72.8 Å². The van der Waals surface area contributed by atoms with Crippen molar-refractivity contribution in [2.75, 3.05) is 26.6 Å². The molecule has 2 N–H and O–H groups in total. The first kappa shape index (κ1) is 30.3. The van der Waals surface area contributed by atoms with Crippen molar-refractivity contribution < 1.29 is 28.6 Å². The fraction of sp³-hybridized carbons (Fsp3) is 0.114. The number of nitrogens with one attached hydrogen (secondary N) is 2. The Balaban J connectivity index is 1.50. The summed E-state index contributed by atoms with van der Waals surface area (Å²) in [5, 5.41) is 5.53. The average Bonchev–Trinajstić information content (AvgIpc) is 3.03.